The van der Waals surface area contributed by atoms with Gasteiger partial charge in [-0.3, -0.25) is 4.90 Å². The molecule has 0 radical (unpaired) electrons. The minimum atomic E-state index is -4.21. The zero-order valence-corrected chi connectivity index (χ0v) is 15.2. The van der Waals surface area contributed by atoms with Crippen molar-refractivity contribution in [2.24, 2.45) is 5.92 Å². The van der Waals surface area contributed by atoms with Gasteiger partial charge in [0.1, 0.15) is 0 Å². The maximum Gasteiger partial charge on any atom is 0.389 e. The normalized spacial score (nSPS) is 23.2. The maximum atomic E-state index is 14.7. The summed E-state index contributed by atoms with van der Waals surface area (Å²) >= 11 is 0. The van der Waals surface area contributed by atoms with Crippen molar-refractivity contribution in [1.29, 1.82) is 0 Å². The average Bonchev–Trinajstić information content (AvgIpc) is 2.57. The minimum Gasteiger partial charge on any atom is -0.491 e. The molecule has 0 amide bonds. The predicted octanol–water partition coefficient (Wildman–Crippen LogP) is 5.22. The first-order valence-corrected chi connectivity index (χ1v) is 9.20. The van der Waals surface area contributed by atoms with Crippen LogP contribution >= 0.6 is 0 Å². The van der Waals surface area contributed by atoms with E-state index < -0.39 is 18.4 Å². The molecule has 1 fully saturated rings. The smallest absolute Gasteiger partial charge is 0.389 e. The summed E-state index contributed by atoms with van der Waals surface area (Å²) in [5.41, 5.74) is 2.76. The number of rotatable bonds is 6. The Kier molecular flexibility index (Phi) is 5.61. The Bertz CT molecular complexity index is 683. The van der Waals surface area contributed by atoms with E-state index in [0.717, 1.165) is 18.7 Å². The summed E-state index contributed by atoms with van der Waals surface area (Å²) in [4.78, 5) is 2.42. The molecule has 2 unspecified atom stereocenters. The van der Waals surface area contributed by atoms with E-state index >= 15 is 0 Å². The van der Waals surface area contributed by atoms with Crippen LogP contribution in [0, 0.1) is 11.7 Å². The van der Waals surface area contributed by atoms with Gasteiger partial charge < -0.3 is 4.74 Å². The lowest BCUT2D eigenvalue weighted by Gasteiger charge is -2.40. The van der Waals surface area contributed by atoms with Crippen molar-refractivity contribution in [2.75, 3.05) is 19.7 Å². The summed E-state index contributed by atoms with van der Waals surface area (Å²) in [6.07, 6.45) is -1.42. The number of hydrogen-bond donors (Lipinski definition) is 0. The highest BCUT2D eigenvalue weighted by Crippen LogP contribution is 2.35. The van der Waals surface area contributed by atoms with Gasteiger partial charge in [0.15, 0.2) is 11.6 Å². The molecule has 144 valence electrons. The fourth-order valence-electron chi connectivity index (χ4n) is 3.54. The van der Waals surface area contributed by atoms with Crippen LogP contribution in [-0.2, 0) is 6.42 Å². The average molecular weight is 371 g/mol. The molecule has 0 spiro atoms. The number of halogens is 4. The van der Waals surface area contributed by atoms with E-state index in [1.807, 2.05) is 6.07 Å². The third kappa shape index (κ3) is 4.40. The van der Waals surface area contributed by atoms with E-state index in [-0.39, 0.29) is 24.7 Å². The first-order chi connectivity index (χ1) is 12.2. The van der Waals surface area contributed by atoms with Crippen molar-refractivity contribution >= 4 is 6.08 Å². The van der Waals surface area contributed by atoms with Crippen LogP contribution in [0.15, 0.2) is 17.7 Å². The number of alkyl halides is 3. The van der Waals surface area contributed by atoms with E-state index in [0.29, 0.717) is 18.0 Å². The highest BCUT2D eigenvalue weighted by molar-refractivity contribution is 5.62. The molecule has 0 N–H and O–H groups in total. The van der Waals surface area contributed by atoms with Gasteiger partial charge in [0.25, 0.3) is 0 Å². The standard InChI is InChI=1S/C20H25F4NO/c1-13-10-17-15(11-16(13)12-25-8-6-14(25)2)4-5-18(19(17)21)26-9-3-7-20(22,23)24/h4-5,11,13-14H,3,6-10,12H2,1-2H3. The first kappa shape index (κ1) is 19.2. The van der Waals surface area contributed by atoms with Crippen molar-refractivity contribution in [1.82, 2.24) is 4.90 Å². The van der Waals surface area contributed by atoms with Crippen LogP contribution in [0.3, 0.4) is 0 Å². The molecule has 1 heterocycles. The van der Waals surface area contributed by atoms with E-state index in [1.54, 1.807) is 0 Å². The molecular weight excluding hydrogens is 346 g/mol. The second kappa shape index (κ2) is 7.59. The largest absolute Gasteiger partial charge is 0.491 e. The van der Waals surface area contributed by atoms with E-state index in [1.165, 1.54) is 18.1 Å². The van der Waals surface area contributed by atoms with Crippen LogP contribution in [0.5, 0.6) is 5.75 Å². The Morgan fingerprint density at radius 3 is 2.62 bits per heavy atom. The molecule has 0 bridgehead atoms. The topological polar surface area (TPSA) is 12.5 Å². The van der Waals surface area contributed by atoms with Gasteiger partial charge in [-0.1, -0.05) is 24.6 Å². The zero-order chi connectivity index (χ0) is 18.9. The molecule has 2 nitrogen and oxygen atoms in total. The number of hydrogen-bond acceptors (Lipinski definition) is 2. The first-order valence-electron chi connectivity index (χ1n) is 9.20. The molecule has 6 heteroatoms. The molecule has 1 aromatic carbocycles. The zero-order valence-electron chi connectivity index (χ0n) is 15.2. The Hall–Kier alpha value is -1.56. The van der Waals surface area contributed by atoms with Crippen LogP contribution in [0.4, 0.5) is 17.6 Å². The summed E-state index contributed by atoms with van der Waals surface area (Å²) in [7, 11) is 0. The van der Waals surface area contributed by atoms with Crippen LogP contribution in [0.25, 0.3) is 6.08 Å². The molecular formula is C20H25F4NO. The highest BCUT2D eigenvalue weighted by Gasteiger charge is 2.29. The summed E-state index contributed by atoms with van der Waals surface area (Å²) in [5, 5.41) is 0. The Morgan fingerprint density at radius 1 is 1.23 bits per heavy atom. The molecule has 0 saturated carbocycles. The van der Waals surface area contributed by atoms with Crippen molar-refractivity contribution in [2.45, 2.75) is 51.7 Å². The van der Waals surface area contributed by atoms with Gasteiger partial charge in [-0.15, -0.1) is 0 Å². The number of benzene rings is 1. The van der Waals surface area contributed by atoms with Crippen LogP contribution in [-0.4, -0.2) is 36.8 Å². The molecule has 1 saturated heterocycles. The predicted molar refractivity (Wildman–Crippen MR) is 93.7 cm³/mol. The van der Waals surface area contributed by atoms with E-state index in [2.05, 4.69) is 24.8 Å². The second-order valence-corrected chi connectivity index (χ2v) is 7.45. The van der Waals surface area contributed by atoms with Gasteiger partial charge in [-0.25, -0.2) is 4.39 Å². The lowest BCUT2D eigenvalue weighted by molar-refractivity contribution is -0.136. The SMILES string of the molecule is CC1Cc2c(ccc(OCCCC(F)(F)F)c2F)C=C1CN1CCC1C. The number of likely N-dealkylation sites (tertiary alicyclic amines) is 1. The van der Waals surface area contributed by atoms with Gasteiger partial charge in [0.05, 0.1) is 6.61 Å². The van der Waals surface area contributed by atoms with E-state index in [9.17, 15) is 17.6 Å². The fraction of sp³-hybridized carbons (Fsp3) is 0.600. The van der Waals surface area contributed by atoms with E-state index in [4.69, 9.17) is 4.74 Å². The molecule has 1 aromatic rings. The summed E-state index contributed by atoms with van der Waals surface area (Å²) < 4.78 is 56.5. The van der Waals surface area contributed by atoms with Gasteiger partial charge >= 0.3 is 6.18 Å². The van der Waals surface area contributed by atoms with Gasteiger partial charge in [0, 0.05) is 25.6 Å². The summed E-state index contributed by atoms with van der Waals surface area (Å²) in [6, 6.07) is 3.94. The fourth-order valence-corrected chi connectivity index (χ4v) is 3.54. The Morgan fingerprint density at radius 2 is 2.00 bits per heavy atom. The van der Waals surface area contributed by atoms with Crippen molar-refractivity contribution in [3.05, 3.63) is 34.6 Å². The lowest BCUT2D eigenvalue weighted by Crippen LogP contribution is -2.47. The van der Waals surface area contributed by atoms with Gasteiger partial charge in [0.2, 0.25) is 0 Å². The Labute approximate surface area is 151 Å². The second-order valence-electron chi connectivity index (χ2n) is 7.45. The molecule has 1 aliphatic heterocycles. The van der Waals surface area contributed by atoms with Gasteiger partial charge in [-0.2, -0.15) is 13.2 Å². The van der Waals surface area contributed by atoms with Crippen LogP contribution in [0.1, 0.15) is 44.2 Å². The van der Waals surface area contributed by atoms with Crippen molar-refractivity contribution in [3.8, 4) is 5.75 Å². The van der Waals surface area contributed by atoms with Crippen molar-refractivity contribution in [3.63, 3.8) is 0 Å². The quantitative estimate of drug-likeness (QED) is 0.502. The van der Waals surface area contributed by atoms with Crippen molar-refractivity contribution < 1.29 is 22.3 Å². The number of fused-ring (bicyclic) bond motifs is 1. The summed E-state index contributed by atoms with van der Waals surface area (Å²) in [5.74, 6) is -0.148. The molecule has 1 aliphatic carbocycles. The number of ether oxygens (including phenoxy) is 1. The highest BCUT2D eigenvalue weighted by atomic mass is 19.4. The lowest BCUT2D eigenvalue weighted by atomic mass is 9.83. The monoisotopic (exact) mass is 371 g/mol. The van der Waals surface area contributed by atoms with Gasteiger partial charge in [-0.05, 0) is 49.3 Å². The maximum absolute atomic E-state index is 14.7. The molecule has 2 atom stereocenters. The molecule has 26 heavy (non-hydrogen) atoms. The Balaban J connectivity index is 1.67. The third-order valence-electron chi connectivity index (χ3n) is 5.43. The minimum absolute atomic E-state index is 0.0475. The third-order valence-corrected chi connectivity index (χ3v) is 5.43. The van der Waals surface area contributed by atoms with Crippen LogP contribution < -0.4 is 4.74 Å². The van der Waals surface area contributed by atoms with Crippen LogP contribution in [0.2, 0.25) is 0 Å². The molecule has 0 aromatic heterocycles. The summed E-state index contributed by atoms with van der Waals surface area (Å²) in [6.45, 7) is 6.19. The molecule has 2 aliphatic rings. The number of nitrogens with zero attached hydrogens (tertiary/aromatic N) is 1. The molecule has 3 rings (SSSR count).